The van der Waals surface area contributed by atoms with E-state index in [0.717, 1.165) is 13.1 Å². The summed E-state index contributed by atoms with van der Waals surface area (Å²) >= 11 is 0. The van der Waals surface area contributed by atoms with Gasteiger partial charge in [-0.2, -0.15) is 0 Å². The largest absolute Gasteiger partial charge is 0.462 e. The first-order chi connectivity index (χ1) is 5.77. The minimum absolute atomic E-state index is 0.264. The predicted molar refractivity (Wildman–Crippen MR) is 48.2 cm³/mol. The predicted octanol–water partition coefficient (Wildman–Crippen LogP) is 0.353. The molecule has 0 aromatic rings. The topological polar surface area (TPSA) is 50.7 Å². The molecule has 0 saturated heterocycles. The van der Waals surface area contributed by atoms with Gasteiger partial charge in [-0.25, -0.2) is 0 Å². The number of rotatable bonds is 2. The fourth-order valence-electron chi connectivity index (χ4n) is 0.499. The van der Waals surface area contributed by atoms with Crippen molar-refractivity contribution in [3.8, 4) is 0 Å². The van der Waals surface area contributed by atoms with E-state index in [1.54, 1.807) is 6.34 Å². The fourth-order valence-corrected chi connectivity index (χ4v) is 0.499. The zero-order valence-corrected chi connectivity index (χ0v) is 7.25. The molecule has 0 spiro atoms. The minimum atomic E-state index is -0.264. The van der Waals surface area contributed by atoms with Gasteiger partial charge in [0.15, 0.2) is 0 Å². The summed E-state index contributed by atoms with van der Waals surface area (Å²) in [4.78, 5) is 13.8. The summed E-state index contributed by atoms with van der Waals surface area (Å²) < 4.78 is 4.43. The normalized spacial score (nSPS) is 12.4. The van der Waals surface area contributed by atoms with Gasteiger partial charge >= 0.3 is 5.97 Å². The van der Waals surface area contributed by atoms with E-state index in [2.05, 4.69) is 21.6 Å². The summed E-state index contributed by atoms with van der Waals surface area (Å²) in [5.41, 5.74) is 0. The average Bonchev–Trinajstić information content (AvgIpc) is 2.57. The Bertz CT molecular complexity index is 160. The lowest BCUT2D eigenvalue weighted by Crippen LogP contribution is -2.04. The molecule has 1 rings (SSSR count). The average molecular weight is 170 g/mol. The first-order valence-corrected chi connectivity index (χ1v) is 3.73. The molecule has 0 atom stereocenters. The van der Waals surface area contributed by atoms with Crippen LogP contribution in [0.4, 0.5) is 0 Å². The maximum atomic E-state index is 9.93. The first kappa shape index (κ1) is 10.7. The smallest absolute Gasteiger partial charge is 0.302 e. The van der Waals surface area contributed by atoms with Crippen molar-refractivity contribution in [2.45, 2.75) is 6.92 Å². The lowest BCUT2D eigenvalue weighted by Gasteiger charge is -1.90. The van der Waals surface area contributed by atoms with Crippen LogP contribution in [0.3, 0.4) is 0 Å². The monoisotopic (exact) mass is 170 g/mol. The van der Waals surface area contributed by atoms with Gasteiger partial charge in [-0.15, -0.1) is 0 Å². The van der Waals surface area contributed by atoms with Crippen molar-refractivity contribution >= 4 is 12.3 Å². The molecule has 0 saturated carbocycles. The van der Waals surface area contributed by atoms with Crippen LogP contribution in [0.2, 0.25) is 0 Å². The SMILES string of the molecule is C1=NCCN1.C=CCOC(C)=O. The van der Waals surface area contributed by atoms with E-state index in [1.165, 1.54) is 13.0 Å². The number of aliphatic imine (C=N–C) groups is 1. The Morgan fingerprint density at radius 1 is 1.92 bits per heavy atom. The van der Waals surface area contributed by atoms with Crippen molar-refractivity contribution in [3.63, 3.8) is 0 Å². The molecule has 0 fully saturated rings. The summed E-state index contributed by atoms with van der Waals surface area (Å²) in [6.07, 6.45) is 3.27. The van der Waals surface area contributed by atoms with Crippen LogP contribution in [-0.2, 0) is 9.53 Å². The van der Waals surface area contributed by atoms with Gasteiger partial charge in [0, 0.05) is 13.5 Å². The second kappa shape index (κ2) is 7.78. The highest BCUT2D eigenvalue weighted by Gasteiger charge is 1.83. The maximum absolute atomic E-state index is 9.93. The molecule has 0 bridgehead atoms. The van der Waals surface area contributed by atoms with Crippen molar-refractivity contribution in [1.29, 1.82) is 0 Å². The molecule has 1 N–H and O–H groups in total. The molecule has 0 amide bonds. The van der Waals surface area contributed by atoms with Gasteiger partial charge in [0.1, 0.15) is 6.61 Å². The van der Waals surface area contributed by atoms with E-state index in [1.807, 2.05) is 0 Å². The second-order valence-electron chi connectivity index (χ2n) is 2.08. The second-order valence-corrected chi connectivity index (χ2v) is 2.08. The first-order valence-electron chi connectivity index (χ1n) is 3.73. The highest BCUT2D eigenvalue weighted by Crippen LogP contribution is 1.73. The Hall–Kier alpha value is -1.32. The maximum Gasteiger partial charge on any atom is 0.302 e. The van der Waals surface area contributed by atoms with Gasteiger partial charge < -0.3 is 10.1 Å². The summed E-state index contributed by atoms with van der Waals surface area (Å²) in [5.74, 6) is -0.264. The van der Waals surface area contributed by atoms with Gasteiger partial charge in [0.2, 0.25) is 0 Å². The van der Waals surface area contributed by atoms with Gasteiger partial charge in [-0.1, -0.05) is 12.7 Å². The molecule has 1 aliphatic rings. The van der Waals surface area contributed by atoms with Crippen molar-refractivity contribution < 1.29 is 9.53 Å². The molecule has 0 aromatic carbocycles. The van der Waals surface area contributed by atoms with Crippen LogP contribution < -0.4 is 5.32 Å². The summed E-state index contributed by atoms with van der Waals surface area (Å²) in [5, 5.41) is 2.93. The lowest BCUT2D eigenvalue weighted by molar-refractivity contribution is -0.139. The number of hydrogen-bond acceptors (Lipinski definition) is 4. The van der Waals surface area contributed by atoms with Gasteiger partial charge in [0.25, 0.3) is 0 Å². The molecule has 68 valence electrons. The van der Waals surface area contributed by atoms with E-state index < -0.39 is 0 Å². The van der Waals surface area contributed by atoms with Crippen LogP contribution in [-0.4, -0.2) is 32.0 Å². The van der Waals surface area contributed by atoms with Crippen LogP contribution >= 0.6 is 0 Å². The molecular formula is C8H14N2O2. The Kier molecular flexibility index (Phi) is 6.93. The van der Waals surface area contributed by atoms with Crippen molar-refractivity contribution in [1.82, 2.24) is 5.32 Å². The Balaban J connectivity index is 0.000000211. The number of esters is 1. The molecule has 4 heteroatoms. The molecule has 1 heterocycles. The van der Waals surface area contributed by atoms with E-state index >= 15 is 0 Å². The van der Waals surface area contributed by atoms with Gasteiger partial charge in [-0.3, -0.25) is 9.79 Å². The molecule has 0 unspecified atom stereocenters. The van der Waals surface area contributed by atoms with E-state index in [4.69, 9.17) is 0 Å². The summed E-state index contributed by atoms with van der Waals surface area (Å²) in [7, 11) is 0. The molecule has 0 radical (unpaired) electrons. The van der Waals surface area contributed by atoms with Crippen LogP contribution in [0.1, 0.15) is 6.92 Å². The number of nitrogens with zero attached hydrogens (tertiary/aromatic N) is 1. The number of nitrogens with one attached hydrogen (secondary N) is 1. The highest BCUT2D eigenvalue weighted by molar-refractivity contribution is 5.65. The van der Waals surface area contributed by atoms with E-state index in [-0.39, 0.29) is 5.97 Å². The molecule has 4 nitrogen and oxygen atoms in total. The fraction of sp³-hybridized carbons (Fsp3) is 0.500. The van der Waals surface area contributed by atoms with Crippen molar-refractivity contribution in [2.75, 3.05) is 19.7 Å². The number of hydrogen-bond donors (Lipinski definition) is 1. The molecule has 12 heavy (non-hydrogen) atoms. The summed E-state index contributed by atoms with van der Waals surface area (Å²) in [6, 6.07) is 0. The van der Waals surface area contributed by atoms with Crippen molar-refractivity contribution in [2.24, 2.45) is 4.99 Å². The number of carbonyl (C=O) groups excluding carboxylic acids is 1. The molecule has 0 aliphatic carbocycles. The van der Waals surface area contributed by atoms with Crippen molar-refractivity contribution in [3.05, 3.63) is 12.7 Å². The standard InChI is InChI=1S/C5H8O2.C3H6N2/c1-3-4-7-5(2)6;1-2-5-3-4-1/h3H,1,4H2,2H3;3H,1-2H2,(H,4,5). The quantitative estimate of drug-likeness (QED) is 0.480. The van der Waals surface area contributed by atoms with Gasteiger partial charge in [0.05, 0.1) is 12.9 Å². The van der Waals surface area contributed by atoms with Crippen LogP contribution in [0.25, 0.3) is 0 Å². The van der Waals surface area contributed by atoms with Gasteiger partial charge in [-0.05, 0) is 0 Å². The third-order valence-electron chi connectivity index (χ3n) is 0.972. The van der Waals surface area contributed by atoms with Crippen LogP contribution in [0.15, 0.2) is 17.6 Å². The summed E-state index contributed by atoms with van der Waals surface area (Å²) in [6.45, 7) is 7.02. The zero-order valence-electron chi connectivity index (χ0n) is 7.25. The zero-order chi connectivity index (χ0) is 9.23. The molecular weight excluding hydrogens is 156 g/mol. The van der Waals surface area contributed by atoms with Crippen LogP contribution in [0.5, 0.6) is 0 Å². The molecule has 0 aromatic heterocycles. The number of carbonyl (C=O) groups is 1. The third-order valence-corrected chi connectivity index (χ3v) is 0.972. The van der Waals surface area contributed by atoms with Crippen LogP contribution in [0, 0.1) is 0 Å². The number of ether oxygens (including phenoxy) is 1. The lowest BCUT2D eigenvalue weighted by atomic mass is 10.7. The molecule has 1 aliphatic heterocycles. The third kappa shape index (κ3) is 8.68. The van der Waals surface area contributed by atoms with E-state index in [9.17, 15) is 4.79 Å². The Morgan fingerprint density at radius 2 is 2.67 bits per heavy atom. The van der Waals surface area contributed by atoms with E-state index in [0.29, 0.717) is 6.61 Å². The highest BCUT2D eigenvalue weighted by atomic mass is 16.5. The minimum Gasteiger partial charge on any atom is -0.462 e. The Morgan fingerprint density at radius 3 is 2.83 bits per heavy atom. The Labute approximate surface area is 72.3 Å².